The van der Waals surface area contributed by atoms with Crippen molar-refractivity contribution in [2.75, 3.05) is 7.11 Å². The first-order chi connectivity index (χ1) is 12.0. The van der Waals surface area contributed by atoms with E-state index < -0.39 is 12.0 Å². The van der Waals surface area contributed by atoms with Gasteiger partial charge in [0.2, 0.25) is 0 Å². The minimum absolute atomic E-state index is 0.250. The first kappa shape index (κ1) is 18.5. The second-order valence-corrected chi connectivity index (χ2v) is 5.93. The fraction of sp³-hybridized carbons (Fsp3) is 0.300. The third kappa shape index (κ3) is 5.64. The molecule has 0 aliphatic rings. The Labute approximate surface area is 148 Å². The van der Waals surface area contributed by atoms with Crippen molar-refractivity contribution < 1.29 is 19.1 Å². The molecule has 0 saturated carbocycles. The third-order valence-electron chi connectivity index (χ3n) is 3.58. The molecule has 2 rings (SSSR count). The zero-order valence-electron chi connectivity index (χ0n) is 14.7. The maximum absolute atomic E-state index is 12.4. The lowest BCUT2D eigenvalue weighted by Gasteiger charge is -2.19. The van der Waals surface area contributed by atoms with Gasteiger partial charge in [-0.25, -0.2) is 4.79 Å². The Morgan fingerprint density at radius 3 is 2.20 bits per heavy atom. The molecule has 2 aromatic carbocycles. The first-order valence-electron chi connectivity index (χ1n) is 8.19. The molecule has 0 aliphatic carbocycles. The number of carbonyl (C=O) groups excluding carboxylic acids is 2. The lowest BCUT2D eigenvalue weighted by molar-refractivity contribution is -0.149. The molecule has 0 radical (unpaired) electrons. The molecule has 132 valence electrons. The Balaban J connectivity index is 2.14. The molecule has 0 aliphatic heterocycles. The number of hydrogen-bond donors (Lipinski definition) is 1. The van der Waals surface area contributed by atoms with Gasteiger partial charge in [0, 0.05) is 12.0 Å². The minimum atomic E-state index is -0.761. The van der Waals surface area contributed by atoms with Crippen molar-refractivity contribution >= 4 is 11.9 Å². The molecule has 5 heteroatoms. The quantitative estimate of drug-likeness (QED) is 0.786. The Bertz CT molecular complexity index is 695. The number of benzene rings is 2. The summed E-state index contributed by atoms with van der Waals surface area (Å²) in [4.78, 5) is 24.8. The highest BCUT2D eigenvalue weighted by Crippen LogP contribution is 2.14. The van der Waals surface area contributed by atoms with Gasteiger partial charge in [0.25, 0.3) is 5.91 Å². The smallest absolute Gasteiger partial charge is 0.329 e. The van der Waals surface area contributed by atoms with Crippen LogP contribution in [0.25, 0.3) is 0 Å². The molecule has 0 fully saturated rings. The van der Waals surface area contributed by atoms with Gasteiger partial charge in [-0.1, -0.05) is 30.3 Å². The van der Waals surface area contributed by atoms with Gasteiger partial charge in [0.05, 0.1) is 13.2 Å². The van der Waals surface area contributed by atoms with Crippen molar-refractivity contribution in [1.29, 1.82) is 0 Å². The second kappa shape index (κ2) is 8.87. The summed E-state index contributed by atoms with van der Waals surface area (Å²) in [6, 6.07) is 15.4. The second-order valence-electron chi connectivity index (χ2n) is 5.93. The van der Waals surface area contributed by atoms with Crippen LogP contribution in [0.4, 0.5) is 0 Å². The van der Waals surface area contributed by atoms with Crippen LogP contribution in [0.3, 0.4) is 0 Å². The van der Waals surface area contributed by atoms with Crippen LogP contribution in [0.15, 0.2) is 54.6 Å². The highest BCUT2D eigenvalue weighted by atomic mass is 16.5. The molecular weight excluding hydrogens is 318 g/mol. The highest BCUT2D eigenvalue weighted by Gasteiger charge is 2.24. The predicted octanol–water partition coefficient (Wildman–Crippen LogP) is 2.99. The van der Waals surface area contributed by atoms with Gasteiger partial charge < -0.3 is 14.8 Å². The van der Waals surface area contributed by atoms with Crippen molar-refractivity contribution in [3.8, 4) is 5.75 Å². The van der Waals surface area contributed by atoms with E-state index in [0.717, 1.165) is 11.3 Å². The normalized spacial score (nSPS) is 11.7. The van der Waals surface area contributed by atoms with Gasteiger partial charge in [-0.2, -0.15) is 0 Å². The largest absolute Gasteiger partial charge is 0.497 e. The Kier molecular flexibility index (Phi) is 6.57. The van der Waals surface area contributed by atoms with Crippen LogP contribution in [-0.4, -0.2) is 31.1 Å². The Morgan fingerprint density at radius 2 is 1.64 bits per heavy atom. The van der Waals surface area contributed by atoms with E-state index >= 15 is 0 Å². The molecule has 5 nitrogen and oxygen atoms in total. The van der Waals surface area contributed by atoms with Crippen molar-refractivity contribution in [3.63, 3.8) is 0 Å². The number of ether oxygens (including phenoxy) is 2. The molecule has 1 atom stereocenters. The van der Waals surface area contributed by atoms with E-state index in [9.17, 15) is 9.59 Å². The van der Waals surface area contributed by atoms with E-state index in [-0.39, 0.29) is 12.0 Å². The maximum Gasteiger partial charge on any atom is 0.329 e. The number of nitrogens with one attached hydrogen (secondary N) is 1. The van der Waals surface area contributed by atoms with Crippen LogP contribution in [0.2, 0.25) is 0 Å². The highest BCUT2D eigenvalue weighted by molar-refractivity contribution is 5.96. The summed E-state index contributed by atoms with van der Waals surface area (Å²) in [6.07, 6.45) is 0.0909. The fourth-order valence-corrected chi connectivity index (χ4v) is 2.34. The van der Waals surface area contributed by atoms with Crippen LogP contribution < -0.4 is 10.1 Å². The van der Waals surface area contributed by atoms with Gasteiger partial charge in [-0.15, -0.1) is 0 Å². The molecule has 0 spiro atoms. The summed E-state index contributed by atoms with van der Waals surface area (Å²) in [5.41, 5.74) is 1.40. The summed E-state index contributed by atoms with van der Waals surface area (Å²) < 4.78 is 10.4. The average molecular weight is 341 g/mol. The van der Waals surface area contributed by atoms with Gasteiger partial charge in [-0.05, 0) is 43.7 Å². The van der Waals surface area contributed by atoms with Gasteiger partial charge >= 0.3 is 5.97 Å². The van der Waals surface area contributed by atoms with E-state index in [4.69, 9.17) is 9.47 Å². The number of carbonyl (C=O) groups is 2. The molecule has 0 heterocycles. The number of methoxy groups -OCH3 is 1. The lowest BCUT2D eigenvalue weighted by Crippen LogP contribution is -2.44. The molecular formula is C20H23NO4. The topological polar surface area (TPSA) is 64.6 Å². The molecule has 0 aromatic heterocycles. The predicted molar refractivity (Wildman–Crippen MR) is 95.6 cm³/mol. The van der Waals surface area contributed by atoms with E-state index in [2.05, 4.69) is 5.32 Å². The third-order valence-corrected chi connectivity index (χ3v) is 3.58. The van der Waals surface area contributed by atoms with Crippen LogP contribution in [0.5, 0.6) is 5.75 Å². The number of amides is 1. The summed E-state index contributed by atoms with van der Waals surface area (Å²) in [5.74, 6) is -0.0201. The van der Waals surface area contributed by atoms with Gasteiger partial charge in [0.15, 0.2) is 0 Å². The maximum atomic E-state index is 12.4. The van der Waals surface area contributed by atoms with Crippen LogP contribution in [0, 0.1) is 0 Å². The molecule has 0 bridgehead atoms. The zero-order valence-corrected chi connectivity index (χ0v) is 14.7. The first-order valence-corrected chi connectivity index (χ1v) is 8.19. The Hall–Kier alpha value is -2.82. The number of hydrogen-bond acceptors (Lipinski definition) is 4. The minimum Gasteiger partial charge on any atom is -0.497 e. The SMILES string of the molecule is COc1ccc(CC(NC(=O)c2ccccc2)C(=O)OC(C)C)cc1. The van der Waals surface area contributed by atoms with E-state index in [0.29, 0.717) is 12.0 Å². The van der Waals surface area contributed by atoms with Crippen LogP contribution in [-0.2, 0) is 16.0 Å². The zero-order chi connectivity index (χ0) is 18.2. The number of esters is 1. The molecule has 25 heavy (non-hydrogen) atoms. The molecule has 0 saturated heterocycles. The molecule has 2 aromatic rings. The van der Waals surface area contributed by atoms with Crippen LogP contribution >= 0.6 is 0 Å². The van der Waals surface area contributed by atoms with Crippen molar-refractivity contribution in [2.45, 2.75) is 32.4 Å². The van der Waals surface area contributed by atoms with E-state index in [1.54, 1.807) is 45.2 Å². The standard InChI is InChI=1S/C20H23NO4/c1-14(2)25-20(23)18(13-15-9-11-17(24-3)12-10-15)21-19(22)16-7-5-4-6-8-16/h4-12,14,18H,13H2,1-3H3,(H,21,22). The summed E-state index contributed by atoms with van der Waals surface area (Å²) in [6.45, 7) is 3.56. The summed E-state index contributed by atoms with van der Waals surface area (Å²) in [5, 5.41) is 2.77. The molecule has 1 N–H and O–H groups in total. The van der Waals surface area contributed by atoms with Crippen LogP contribution in [0.1, 0.15) is 29.8 Å². The molecule has 1 unspecified atom stereocenters. The monoisotopic (exact) mass is 341 g/mol. The lowest BCUT2D eigenvalue weighted by atomic mass is 10.0. The van der Waals surface area contributed by atoms with Crippen molar-refractivity contribution in [2.24, 2.45) is 0 Å². The molecule has 1 amide bonds. The fourth-order valence-electron chi connectivity index (χ4n) is 2.34. The van der Waals surface area contributed by atoms with Gasteiger partial charge in [0.1, 0.15) is 11.8 Å². The number of rotatable bonds is 7. The van der Waals surface area contributed by atoms with Crippen molar-refractivity contribution in [1.82, 2.24) is 5.32 Å². The summed E-state index contributed by atoms with van der Waals surface area (Å²) >= 11 is 0. The van der Waals surface area contributed by atoms with Gasteiger partial charge in [-0.3, -0.25) is 4.79 Å². The Morgan fingerprint density at radius 1 is 1.00 bits per heavy atom. The summed E-state index contributed by atoms with van der Waals surface area (Å²) in [7, 11) is 1.60. The van der Waals surface area contributed by atoms with E-state index in [1.807, 2.05) is 30.3 Å². The van der Waals surface area contributed by atoms with E-state index in [1.165, 1.54) is 0 Å². The average Bonchev–Trinajstić information content (AvgIpc) is 2.62. The van der Waals surface area contributed by atoms with Crippen molar-refractivity contribution in [3.05, 3.63) is 65.7 Å².